The zero-order valence-corrected chi connectivity index (χ0v) is 16.2. The lowest BCUT2D eigenvalue weighted by Gasteiger charge is -2.09. The molecule has 5 nitrogen and oxygen atoms in total. The standard InChI is InChI=1S/C22H17NO4S/c1-13-8-9-17-16(10-19(24)27-20(17)14(13)2)11-26-22(25)18-12-28-21(23-18)15-6-4-3-5-7-15/h3-10,12H,11H2,1-2H3. The number of fused-ring (bicyclic) bond motifs is 1. The molecule has 0 unspecified atom stereocenters. The van der Waals surface area contributed by atoms with Crippen LogP contribution < -0.4 is 5.63 Å². The molecule has 2 aromatic carbocycles. The highest BCUT2D eigenvalue weighted by atomic mass is 32.1. The Morgan fingerprint density at radius 1 is 1.14 bits per heavy atom. The third-order valence-corrected chi connectivity index (χ3v) is 5.50. The number of carbonyl (C=O) groups is 1. The van der Waals surface area contributed by atoms with Gasteiger partial charge < -0.3 is 9.15 Å². The molecule has 0 fully saturated rings. The topological polar surface area (TPSA) is 69.4 Å². The predicted octanol–water partition coefficient (Wildman–Crippen LogP) is 4.89. The van der Waals surface area contributed by atoms with Gasteiger partial charge in [0.1, 0.15) is 17.2 Å². The maximum absolute atomic E-state index is 12.4. The molecular formula is C22H17NO4S. The Balaban J connectivity index is 1.57. The van der Waals surface area contributed by atoms with Gasteiger partial charge in [0.05, 0.1) is 0 Å². The minimum atomic E-state index is -0.524. The molecule has 0 radical (unpaired) electrons. The highest BCUT2D eigenvalue weighted by Crippen LogP contribution is 2.25. The van der Waals surface area contributed by atoms with Crippen LogP contribution in [-0.2, 0) is 11.3 Å². The van der Waals surface area contributed by atoms with E-state index in [1.165, 1.54) is 17.4 Å². The summed E-state index contributed by atoms with van der Waals surface area (Å²) < 4.78 is 10.8. The Morgan fingerprint density at radius 2 is 1.93 bits per heavy atom. The molecule has 4 aromatic rings. The summed E-state index contributed by atoms with van der Waals surface area (Å²) in [6.45, 7) is 3.83. The fourth-order valence-electron chi connectivity index (χ4n) is 2.94. The number of aryl methyl sites for hydroxylation is 2. The van der Waals surface area contributed by atoms with E-state index < -0.39 is 11.6 Å². The van der Waals surface area contributed by atoms with Crippen molar-refractivity contribution in [1.82, 2.24) is 4.98 Å². The number of benzene rings is 2. The number of ether oxygens (including phenoxy) is 1. The van der Waals surface area contributed by atoms with E-state index in [-0.39, 0.29) is 12.3 Å². The maximum atomic E-state index is 12.4. The van der Waals surface area contributed by atoms with E-state index in [1.807, 2.05) is 56.3 Å². The van der Waals surface area contributed by atoms with Crippen molar-refractivity contribution in [2.24, 2.45) is 0 Å². The minimum absolute atomic E-state index is 0.0262. The van der Waals surface area contributed by atoms with Gasteiger partial charge in [-0.1, -0.05) is 42.5 Å². The summed E-state index contributed by atoms with van der Waals surface area (Å²) in [5, 5.41) is 3.19. The van der Waals surface area contributed by atoms with E-state index in [2.05, 4.69) is 4.98 Å². The van der Waals surface area contributed by atoms with Gasteiger partial charge in [0.15, 0.2) is 5.69 Å². The molecular weight excluding hydrogens is 374 g/mol. The third-order valence-electron chi connectivity index (χ3n) is 4.61. The molecule has 0 aliphatic heterocycles. The molecule has 6 heteroatoms. The molecule has 0 spiro atoms. The van der Waals surface area contributed by atoms with E-state index in [4.69, 9.17) is 9.15 Å². The monoisotopic (exact) mass is 391 g/mol. The molecule has 0 atom stereocenters. The zero-order valence-electron chi connectivity index (χ0n) is 15.4. The predicted molar refractivity (Wildman–Crippen MR) is 109 cm³/mol. The van der Waals surface area contributed by atoms with E-state index in [1.54, 1.807) is 5.38 Å². The average molecular weight is 391 g/mol. The minimum Gasteiger partial charge on any atom is -0.456 e. The van der Waals surface area contributed by atoms with Crippen LogP contribution in [0.15, 0.2) is 63.1 Å². The third kappa shape index (κ3) is 3.46. The number of rotatable bonds is 4. The van der Waals surface area contributed by atoms with Gasteiger partial charge in [-0.25, -0.2) is 14.6 Å². The summed E-state index contributed by atoms with van der Waals surface area (Å²) in [5.41, 5.74) is 3.80. The van der Waals surface area contributed by atoms with E-state index in [0.717, 1.165) is 27.1 Å². The number of hydrogen-bond donors (Lipinski definition) is 0. The molecule has 4 rings (SSSR count). The van der Waals surface area contributed by atoms with Gasteiger partial charge in [-0.05, 0) is 25.0 Å². The van der Waals surface area contributed by atoms with Crippen molar-refractivity contribution in [2.45, 2.75) is 20.5 Å². The van der Waals surface area contributed by atoms with Gasteiger partial charge in [-0.3, -0.25) is 0 Å². The summed E-state index contributed by atoms with van der Waals surface area (Å²) in [7, 11) is 0. The summed E-state index contributed by atoms with van der Waals surface area (Å²) in [5.74, 6) is -0.524. The molecule has 140 valence electrons. The Hall–Kier alpha value is -3.25. The van der Waals surface area contributed by atoms with Crippen LogP contribution in [0.1, 0.15) is 27.2 Å². The number of aromatic nitrogens is 1. The molecule has 28 heavy (non-hydrogen) atoms. The summed E-state index contributed by atoms with van der Waals surface area (Å²) in [6, 6.07) is 14.8. The average Bonchev–Trinajstić information content (AvgIpc) is 3.20. The molecule has 0 aliphatic carbocycles. The first-order chi connectivity index (χ1) is 13.5. The zero-order chi connectivity index (χ0) is 19.7. The summed E-state index contributed by atoms with van der Waals surface area (Å²) in [6.07, 6.45) is 0. The fraction of sp³-hybridized carbons (Fsp3) is 0.136. The largest absolute Gasteiger partial charge is 0.456 e. The highest BCUT2D eigenvalue weighted by molar-refractivity contribution is 7.13. The quantitative estimate of drug-likeness (QED) is 0.366. The second-order valence-corrected chi connectivity index (χ2v) is 7.31. The van der Waals surface area contributed by atoms with Crippen molar-refractivity contribution in [3.8, 4) is 10.6 Å². The maximum Gasteiger partial charge on any atom is 0.358 e. The second kappa shape index (κ2) is 7.40. The molecule has 0 saturated carbocycles. The fourth-order valence-corrected chi connectivity index (χ4v) is 3.74. The number of thiazole rings is 1. The second-order valence-electron chi connectivity index (χ2n) is 6.45. The number of hydrogen-bond acceptors (Lipinski definition) is 6. The van der Waals surface area contributed by atoms with Crippen molar-refractivity contribution in [3.63, 3.8) is 0 Å². The molecule has 0 bridgehead atoms. The molecule has 0 amide bonds. The van der Waals surface area contributed by atoms with Crippen LogP contribution in [0.4, 0.5) is 0 Å². The van der Waals surface area contributed by atoms with E-state index in [0.29, 0.717) is 11.1 Å². The molecule has 2 heterocycles. The van der Waals surface area contributed by atoms with Crippen LogP contribution in [-0.4, -0.2) is 11.0 Å². The first-order valence-electron chi connectivity index (χ1n) is 8.74. The van der Waals surface area contributed by atoms with Gasteiger partial charge in [-0.2, -0.15) is 0 Å². The SMILES string of the molecule is Cc1ccc2c(COC(=O)c3csc(-c4ccccc4)n3)cc(=O)oc2c1C. The Bertz CT molecular complexity index is 1220. The molecule has 2 aromatic heterocycles. The van der Waals surface area contributed by atoms with Crippen molar-refractivity contribution in [2.75, 3.05) is 0 Å². The van der Waals surface area contributed by atoms with Crippen molar-refractivity contribution in [1.29, 1.82) is 0 Å². The first-order valence-corrected chi connectivity index (χ1v) is 9.62. The Morgan fingerprint density at radius 3 is 2.71 bits per heavy atom. The van der Waals surface area contributed by atoms with Crippen LogP contribution in [0.3, 0.4) is 0 Å². The van der Waals surface area contributed by atoms with Crippen LogP contribution in [0.5, 0.6) is 0 Å². The highest BCUT2D eigenvalue weighted by Gasteiger charge is 2.15. The lowest BCUT2D eigenvalue weighted by Crippen LogP contribution is -2.08. The van der Waals surface area contributed by atoms with Gasteiger partial charge in [-0.15, -0.1) is 11.3 Å². The Kier molecular flexibility index (Phi) is 4.79. The van der Waals surface area contributed by atoms with Crippen LogP contribution >= 0.6 is 11.3 Å². The van der Waals surface area contributed by atoms with Crippen molar-refractivity contribution < 1.29 is 13.9 Å². The molecule has 0 saturated heterocycles. The normalized spacial score (nSPS) is 10.9. The number of carbonyl (C=O) groups excluding carboxylic acids is 1. The smallest absolute Gasteiger partial charge is 0.358 e. The number of nitrogens with zero attached hydrogens (tertiary/aromatic N) is 1. The molecule has 0 N–H and O–H groups in total. The Labute approximate surface area is 165 Å². The van der Waals surface area contributed by atoms with Gasteiger partial charge in [0.25, 0.3) is 0 Å². The van der Waals surface area contributed by atoms with Crippen LogP contribution in [0.2, 0.25) is 0 Å². The van der Waals surface area contributed by atoms with Gasteiger partial charge in [0, 0.05) is 28.0 Å². The van der Waals surface area contributed by atoms with Crippen molar-refractivity contribution in [3.05, 3.63) is 86.7 Å². The number of esters is 1. The summed E-state index contributed by atoms with van der Waals surface area (Å²) in [4.78, 5) is 28.7. The van der Waals surface area contributed by atoms with Crippen LogP contribution in [0, 0.1) is 13.8 Å². The van der Waals surface area contributed by atoms with Crippen molar-refractivity contribution >= 4 is 28.3 Å². The van der Waals surface area contributed by atoms with Crippen LogP contribution in [0.25, 0.3) is 21.5 Å². The lowest BCUT2D eigenvalue weighted by molar-refractivity contribution is 0.0468. The van der Waals surface area contributed by atoms with E-state index in [9.17, 15) is 9.59 Å². The van der Waals surface area contributed by atoms with Gasteiger partial charge in [0.2, 0.25) is 0 Å². The van der Waals surface area contributed by atoms with Gasteiger partial charge >= 0.3 is 11.6 Å². The molecule has 0 aliphatic rings. The first kappa shape index (κ1) is 18.1. The lowest BCUT2D eigenvalue weighted by atomic mass is 10.0. The summed E-state index contributed by atoms with van der Waals surface area (Å²) >= 11 is 1.38. The van der Waals surface area contributed by atoms with E-state index >= 15 is 0 Å².